The molecule has 0 heterocycles. The molecule has 0 spiro atoms. The second kappa shape index (κ2) is 3.39. The Morgan fingerprint density at radius 2 is 2.33 bits per heavy atom. The summed E-state index contributed by atoms with van der Waals surface area (Å²) in [5.74, 6) is 0. The SMILES string of the molecule is N#Cc1cccc(NC(=O)O)c1. The van der Waals surface area contributed by atoms with Gasteiger partial charge in [0.25, 0.3) is 0 Å². The zero-order valence-electron chi connectivity index (χ0n) is 6.11. The maximum atomic E-state index is 10.2. The highest BCUT2D eigenvalue weighted by Gasteiger charge is 1.97. The normalized spacial score (nSPS) is 8.58. The number of amides is 1. The van der Waals surface area contributed by atoms with Crippen LogP contribution < -0.4 is 5.32 Å². The van der Waals surface area contributed by atoms with Gasteiger partial charge in [0, 0.05) is 5.69 Å². The van der Waals surface area contributed by atoms with Crippen molar-refractivity contribution in [1.29, 1.82) is 5.26 Å². The molecule has 60 valence electrons. The van der Waals surface area contributed by atoms with E-state index in [2.05, 4.69) is 5.32 Å². The fraction of sp³-hybridized carbons (Fsp3) is 0. The fourth-order valence-electron chi connectivity index (χ4n) is 0.790. The van der Waals surface area contributed by atoms with Crippen molar-refractivity contribution in [3.63, 3.8) is 0 Å². The van der Waals surface area contributed by atoms with Crippen molar-refractivity contribution < 1.29 is 9.90 Å². The van der Waals surface area contributed by atoms with E-state index in [0.717, 1.165) is 0 Å². The van der Waals surface area contributed by atoms with Crippen LogP contribution in [0.2, 0.25) is 0 Å². The molecule has 2 N–H and O–H groups in total. The Hall–Kier alpha value is -2.02. The molecule has 0 aliphatic carbocycles. The van der Waals surface area contributed by atoms with Crippen molar-refractivity contribution in [2.24, 2.45) is 0 Å². The molecule has 0 radical (unpaired) electrons. The first-order chi connectivity index (χ1) is 5.72. The predicted octanol–water partition coefficient (Wildman–Crippen LogP) is 1.65. The van der Waals surface area contributed by atoms with Crippen molar-refractivity contribution in [3.05, 3.63) is 29.8 Å². The molecule has 0 unspecified atom stereocenters. The lowest BCUT2D eigenvalue weighted by molar-refractivity contribution is 0.210. The quantitative estimate of drug-likeness (QED) is 0.659. The largest absolute Gasteiger partial charge is 0.465 e. The molecule has 0 aromatic heterocycles. The minimum Gasteiger partial charge on any atom is -0.465 e. The molecule has 0 saturated heterocycles. The molecule has 1 aromatic rings. The van der Waals surface area contributed by atoms with Crippen molar-refractivity contribution >= 4 is 11.8 Å². The molecule has 1 rings (SSSR count). The molecule has 0 saturated carbocycles. The summed E-state index contributed by atoms with van der Waals surface area (Å²) in [7, 11) is 0. The van der Waals surface area contributed by atoms with Gasteiger partial charge in [-0.2, -0.15) is 5.26 Å². The Balaban J connectivity index is 2.88. The second-order valence-corrected chi connectivity index (χ2v) is 2.12. The minimum absolute atomic E-state index is 0.404. The fourth-order valence-corrected chi connectivity index (χ4v) is 0.790. The van der Waals surface area contributed by atoms with E-state index in [0.29, 0.717) is 11.3 Å². The van der Waals surface area contributed by atoms with Crippen LogP contribution in [0.25, 0.3) is 0 Å². The summed E-state index contributed by atoms with van der Waals surface area (Å²) in [5.41, 5.74) is 0.836. The summed E-state index contributed by atoms with van der Waals surface area (Å²) >= 11 is 0. The molecule has 4 heteroatoms. The molecule has 0 bridgehead atoms. The molecule has 0 aliphatic heterocycles. The maximum absolute atomic E-state index is 10.2. The van der Waals surface area contributed by atoms with Crippen LogP contribution in [-0.2, 0) is 0 Å². The number of nitrogens with zero attached hydrogens (tertiary/aromatic N) is 1. The number of rotatable bonds is 1. The van der Waals surface area contributed by atoms with E-state index in [1.165, 1.54) is 6.07 Å². The summed E-state index contributed by atoms with van der Waals surface area (Å²) in [6.07, 6.45) is -1.13. The van der Waals surface area contributed by atoms with Crippen LogP contribution in [0.15, 0.2) is 24.3 Å². The summed E-state index contributed by atoms with van der Waals surface area (Å²) in [6.45, 7) is 0. The van der Waals surface area contributed by atoms with Gasteiger partial charge in [0.2, 0.25) is 0 Å². The highest BCUT2D eigenvalue weighted by molar-refractivity contribution is 5.83. The first-order valence-electron chi connectivity index (χ1n) is 3.22. The number of nitrogens with one attached hydrogen (secondary N) is 1. The van der Waals surface area contributed by atoms with E-state index in [9.17, 15) is 4.79 Å². The van der Waals surface area contributed by atoms with Crippen LogP contribution in [-0.4, -0.2) is 11.2 Å². The smallest absolute Gasteiger partial charge is 0.409 e. The van der Waals surface area contributed by atoms with E-state index in [1.807, 2.05) is 6.07 Å². The number of hydrogen-bond donors (Lipinski definition) is 2. The predicted molar refractivity (Wildman–Crippen MR) is 42.8 cm³/mol. The van der Waals surface area contributed by atoms with Crippen molar-refractivity contribution in [1.82, 2.24) is 0 Å². The van der Waals surface area contributed by atoms with Crippen LogP contribution in [0.4, 0.5) is 10.5 Å². The molecule has 0 aliphatic rings. The maximum Gasteiger partial charge on any atom is 0.409 e. The van der Waals surface area contributed by atoms with Gasteiger partial charge in [0.15, 0.2) is 0 Å². The van der Waals surface area contributed by atoms with Gasteiger partial charge in [-0.25, -0.2) is 4.79 Å². The average molecular weight is 162 g/mol. The van der Waals surface area contributed by atoms with Crippen molar-refractivity contribution in [2.45, 2.75) is 0 Å². The molecule has 0 atom stereocenters. The molecular formula is C8H6N2O2. The Bertz CT molecular complexity index is 341. The van der Waals surface area contributed by atoms with Gasteiger partial charge in [-0.15, -0.1) is 0 Å². The Morgan fingerprint density at radius 1 is 1.58 bits per heavy atom. The number of hydrogen-bond acceptors (Lipinski definition) is 2. The van der Waals surface area contributed by atoms with Gasteiger partial charge >= 0.3 is 6.09 Å². The second-order valence-electron chi connectivity index (χ2n) is 2.12. The van der Waals surface area contributed by atoms with Gasteiger partial charge < -0.3 is 5.11 Å². The monoisotopic (exact) mass is 162 g/mol. The lowest BCUT2D eigenvalue weighted by Gasteiger charge is -1.98. The van der Waals surface area contributed by atoms with Gasteiger partial charge in [-0.05, 0) is 18.2 Å². The Labute approximate surface area is 69.1 Å². The van der Waals surface area contributed by atoms with Crippen LogP contribution in [0, 0.1) is 11.3 Å². The summed E-state index contributed by atoms with van der Waals surface area (Å²) in [5, 5.41) is 19.0. The number of carbonyl (C=O) groups is 1. The third-order valence-corrected chi connectivity index (χ3v) is 1.24. The van der Waals surface area contributed by atoms with E-state index in [4.69, 9.17) is 10.4 Å². The average Bonchev–Trinajstić information content (AvgIpc) is 2.03. The minimum atomic E-state index is -1.13. The van der Waals surface area contributed by atoms with Crippen molar-refractivity contribution in [3.8, 4) is 6.07 Å². The van der Waals surface area contributed by atoms with E-state index in [-0.39, 0.29) is 0 Å². The van der Waals surface area contributed by atoms with E-state index < -0.39 is 6.09 Å². The Kier molecular flexibility index (Phi) is 2.29. The van der Waals surface area contributed by atoms with Crippen LogP contribution in [0.1, 0.15) is 5.56 Å². The van der Waals surface area contributed by atoms with E-state index in [1.54, 1.807) is 18.2 Å². The topological polar surface area (TPSA) is 73.1 Å². The summed E-state index contributed by atoms with van der Waals surface area (Å²) < 4.78 is 0. The van der Waals surface area contributed by atoms with Crippen LogP contribution in [0.3, 0.4) is 0 Å². The summed E-state index contributed by atoms with van der Waals surface area (Å²) in [4.78, 5) is 10.2. The van der Waals surface area contributed by atoms with Crippen LogP contribution in [0.5, 0.6) is 0 Å². The zero-order valence-corrected chi connectivity index (χ0v) is 6.11. The first kappa shape index (κ1) is 8.08. The molecule has 1 aromatic carbocycles. The molecule has 0 fully saturated rings. The third-order valence-electron chi connectivity index (χ3n) is 1.24. The number of anilines is 1. The number of benzene rings is 1. The molecule has 1 amide bonds. The van der Waals surface area contributed by atoms with Gasteiger partial charge in [-0.1, -0.05) is 6.07 Å². The lowest BCUT2D eigenvalue weighted by atomic mass is 10.2. The van der Waals surface area contributed by atoms with Gasteiger partial charge in [-0.3, -0.25) is 5.32 Å². The van der Waals surface area contributed by atoms with Crippen LogP contribution >= 0.6 is 0 Å². The Morgan fingerprint density at radius 3 is 2.92 bits per heavy atom. The lowest BCUT2D eigenvalue weighted by Crippen LogP contribution is -2.06. The highest BCUT2D eigenvalue weighted by atomic mass is 16.4. The highest BCUT2D eigenvalue weighted by Crippen LogP contribution is 2.08. The first-order valence-corrected chi connectivity index (χ1v) is 3.22. The van der Waals surface area contributed by atoms with Crippen molar-refractivity contribution in [2.75, 3.05) is 5.32 Å². The molecule has 4 nitrogen and oxygen atoms in total. The molecular weight excluding hydrogens is 156 g/mol. The van der Waals surface area contributed by atoms with E-state index >= 15 is 0 Å². The number of carboxylic acid groups (broad SMARTS) is 1. The summed E-state index contributed by atoms with van der Waals surface area (Å²) in [6, 6.07) is 8.17. The van der Waals surface area contributed by atoms with Gasteiger partial charge in [0.05, 0.1) is 11.6 Å². The zero-order chi connectivity index (χ0) is 8.97. The van der Waals surface area contributed by atoms with Gasteiger partial charge in [0.1, 0.15) is 0 Å². The number of nitriles is 1. The molecule has 12 heavy (non-hydrogen) atoms. The standard InChI is InChI=1S/C8H6N2O2/c9-5-6-2-1-3-7(4-6)10-8(11)12/h1-4,10H,(H,11,12). The third kappa shape index (κ3) is 1.99.